The first kappa shape index (κ1) is 11.9. The number of rotatable bonds is 3. The van der Waals surface area contributed by atoms with Gasteiger partial charge in [0.05, 0.1) is 12.3 Å². The van der Waals surface area contributed by atoms with E-state index >= 15 is 0 Å². The lowest BCUT2D eigenvalue weighted by molar-refractivity contribution is 0.193. The number of piperidine rings is 1. The normalized spacial score (nSPS) is 28.2. The Bertz CT molecular complexity index is 386. The molecule has 0 aliphatic carbocycles. The van der Waals surface area contributed by atoms with Gasteiger partial charge in [0.15, 0.2) is 0 Å². The van der Waals surface area contributed by atoms with Crippen LogP contribution < -0.4 is 10.6 Å². The summed E-state index contributed by atoms with van der Waals surface area (Å²) in [7, 11) is 0. The van der Waals surface area contributed by atoms with Gasteiger partial charge >= 0.3 is 0 Å². The second-order valence-corrected chi connectivity index (χ2v) is 5.08. The summed E-state index contributed by atoms with van der Waals surface area (Å²) >= 11 is 0. The van der Waals surface area contributed by atoms with E-state index in [0.717, 1.165) is 44.2 Å². The minimum atomic E-state index is 0.443. The molecule has 0 aromatic carbocycles. The zero-order valence-corrected chi connectivity index (χ0v) is 10.6. The van der Waals surface area contributed by atoms with E-state index in [1.54, 1.807) is 6.33 Å². The van der Waals surface area contributed by atoms with Crippen molar-refractivity contribution in [3.05, 3.63) is 18.1 Å². The monoisotopic (exact) mass is 248 g/mol. The Kier molecular flexibility index (Phi) is 3.71. The van der Waals surface area contributed by atoms with Crippen molar-refractivity contribution in [2.24, 2.45) is 0 Å². The van der Waals surface area contributed by atoms with E-state index in [4.69, 9.17) is 4.74 Å². The molecule has 2 unspecified atom stereocenters. The summed E-state index contributed by atoms with van der Waals surface area (Å²) in [6.07, 6.45) is 5.17. The van der Waals surface area contributed by atoms with Crippen LogP contribution in [0.2, 0.25) is 0 Å². The summed E-state index contributed by atoms with van der Waals surface area (Å²) in [4.78, 5) is 8.68. The molecule has 5 nitrogen and oxygen atoms in total. The number of aromatic nitrogens is 2. The first-order valence-electron chi connectivity index (χ1n) is 6.79. The van der Waals surface area contributed by atoms with Gasteiger partial charge in [-0.3, -0.25) is 0 Å². The lowest BCUT2D eigenvalue weighted by Crippen LogP contribution is -2.38. The van der Waals surface area contributed by atoms with E-state index < -0.39 is 0 Å². The number of ether oxygens (including phenoxy) is 1. The standard InChI is InChI=1S/C13H20N4O/c1-2-11(7-14-4-1)17-13-6-12(15-9-16-13)10-3-5-18-8-10/h6,9-11,14H,1-5,7-8H2,(H,15,16,17). The highest BCUT2D eigenvalue weighted by Gasteiger charge is 2.20. The van der Waals surface area contributed by atoms with Crippen LogP contribution in [0.25, 0.3) is 0 Å². The molecule has 2 N–H and O–H groups in total. The number of anilines is 1. The maximum Gasteiger partial charge on any atom is 0.129 e. The van der Waals surface area contributed by atoms with Crippen LogP contribution >= 0.6 is 0 Å². The van der Waals surface area contributed by atoms with Crippen LogP contribution in [-0.4, -0.2) is 42.3 Å². The van der Waals surface area contributed by atoms with Crippen molar-refractivity contribution in [1.29, 1.82) is 0 Å². The summed E-state index contributed by atoms with van der Waals surface area (Å²) in [5.74, 6) is 1.39. The number of nitrogens with zero attached hydrogens (tertiary/aromatic N) is 2. The van der Waals surface area contributed by atoms with Crippen molar-refractivity contribution in [3.8, 4) is 0 Å². The van der Waals surface area contributed by atoms with Crippen molar-refractivity contribution >= 4 is 5.82 Å². The molecule has 0 spiro atoms. The quantitative estimate of drug-likeness (QED) is 0.840. The minimum absolute atomic E-state index is 0.443. The molecule has 2 aliphatic heterocycles. The lowest BCUT2D eigenvalue weighted by Gasteiger charge is -2.24. The van der Waals surface area contributed by atoms with Crippen LogP contribution in [-0.2, 0) is 4.74 Å². The van der Waals surface area contributed by atoms with Crippen molar-refractivity contribution in [2.75, 3.05) is 31.6 Å². The Morgan fingerprint density at radius 2 is 2.33 bits per heavy atom. The summed E-state index contributed by atoms with van der Waals surface area (Å²) in [5, 5.41) is 6.89. The predicted octanol–water partition coefficient (Wildman–Crippen LogP) is 1.14. The third kappa shape index (κ3) is 2.79. The number of nitrogens with one attached hydrogen (secondary N) is 2. The van der Waals surface area contributed by atoms with Crippen molar-refractivity contribution in [3.63, 3.8) is 0 Å². The molecule has 1 aromatic heterocycles. The molecule has 2 atom stereocenters. The van der Waals surface area contributed by atoms with Crippen LogP contribution in [0.1, 0.15) is 30.9 Å². The Hall–Kier alpha value is -1.20. The first-order chi connectivity index (χ1) is 8.92. The van der Waals surface area contributed by atoms with E-state index in [9.17, 15) is 0 Å². The largest absolute Gasteiger partial charge is 0.381 e. The second-order valence-electron chi connectivity index (χ2n) is 5.08. The summed E-state index contributed by atoms with van der Waals surface area (Å²) < 4.78 is 5.41. The molecule has 2 aliphatic rings. The minimum Gasteiger partial charge on any atom is -0.381 e. The maximum atomic E-state index is 5.41. The van der Waals surface area contributed by atoms with Gasteiger partial charge in [0.2, 0.25) is 0 Å². The summed E-state index contributed by atoms with van der Waals surface area (Å²) in [5.41, 5.74) is 1.11. The van der Waals surface area contributed by atoms with Gasteiger partial charge in [-0.15, -0.1) is 0 Å². The first-order valence-corrected chi connectivity index (χ1v) is 6.79. The van der Waals surface area contributed by atoms with Crippen molar-refractivity contribution in [1.82, 2.24) is 15.3 Å². The molecule has 0 amide bonds. The van der Waals surface area contributed by atoms with E-state index in [-0.39, 0.29) is 0 Å². The number of hydrogen-bond donors (Lipinski definition) is 2. The van der Waals surface area contributed by atoms with Crippen LogP contribution in [0.4, 0.5) is 5.82 Å². The van der Waals surface area contributed by atoms with Crippen molar-refractivity contribution in [2.45, 2.75) is 31.2 Å². The predicted molar refractivity (Wildman–Crippen MR) is 69.7 cm³/mol. The van der Waals surface area contributed by atoms with Gasteiger partial charge in [0, 0.05) is 31.2 Å². The highest BCUT2D eigenvalue weighted by molar-refractivity contribution is 5.37. The molecule has 3 rings (SSSR count). The number of hydrogen-bond acceptors (Lipinski definition) is 5. The molecule has 98 valence electrons. The summed E-state index contributed by atoms with van der Waals surface area (Å²) in [6, 6.07) is 2.56. The summed E-state index contributed by atoms with van der Waals surface area (Å²) in [6.45, 7) is 3.80. The van der Waals surface area contributed by atoms with E-state index in [0.29, 0.717) is 12.0 Å². The molecule has 3 heterocycles. The molecular weight excluding hydrogens is 228 g/mol. The molecule has 18 heavy (non-hydrogen) atoms. The topological polar surface area (TPSA) is 59.1 Å². The van der Waals surface area contributed by atoms with E-state index in [1.165, 1.54) is 12.8 Å². The second kappa shape index (κ2) is 5.63. The fraction of sp³-hybridized carbons (Fsp3) is 0.692. The molecule has 5 heteroatoms. The van der Waals surface area contributed by atoms with Gasteiger partial charge in [0.1, 0.15) is 12.1 Å². The third-order valence-corrected chi connectivity index (χ3v) is 3.69. The average molecular weight is 248 g/mol. The zero-order valence-electron chi connectivity index (χ0n) is 10.6. The molecule has 0 saturated carbocycles. The van der Waals surface area contributed by atoms with Gasteiger partial charge in [-0.1, -0.05) is 0 Å². The van der Waals surface area contributed by atoms with E-state index in [1.807, 2.05) is 0 Å². The Morgan fingerprint density at radius 3 is 3.11 bits per heavy atom. The maximum absolute atomic E-state index is 5.41. The molecule has 0 radical (unpaired) electrons. The van der Waals surface area contributed by atoms with Gasteiger partial charge in [-0.05, 0) is 25.8 Å². The molecule has 1 aromatic rings. The molecular formula is C13H20N4O. The van der Waals surface area contributed by atoms with Gasteiger partial charge < -0.3 is 15.4 Å². The highest BCUT2D eigenvalue weighted by atomic mass is 16.5. The Balaban J connectivity index is 1.66. The average Bonchev–Trinajstić information content (AvgIpc) is 2.94. The fourth-order valence-electron chi connectivity index (χ4n) is 2.63. The molecule has 0 bridgehead atoms. The molecule has 2 fully saturated rings. The third-order valence-electron chi connectivity index (χ3n) is 3.69. The Labute approximate surface area is 107 Å². The van der Waals surface area contributed by atoms with Gasteiger partial charge in [0.25, 0.3) is 0 Å². The van der Waals surface area contributed by atoms with Gasteiger partial charge in [-0.2, -0.15) is 0 Å². The fourth-order valence-corrected chi connectivity index (χ4v) is 2.63. The molecule has 2 saturated heterocycles. The van der Waals surface area contributed by atoms with Gasteiger partial charge in [-0.25, -0.2) is 9.97 Å². The zero-order chi connectivity index (χ0) is 12.2. The van der Waals surface area contributed by atoms with E-state index in [2.05, 4.69) is 26.7 Å². The van der Waals surface area contributed by atoms with Crippen molar-refractivity contribution < 1.29 is 4.74 Å². The highest BCUT2D eigenvalue weighted by Crippen LogP contribution is 2.24. The SMILES string of the molecule is c1nc(NC2CCCNC2)cc(C2CCOC2)n1. The van der Waals surface area contributed by atoms with Crippen LogP contribution in [0.15, 0.2) is 12.4 Å². The Morgan fingerprint density at radius 1 is 1.33 bits per heavy atom. The van der Waals surface area contributed by atoms with Crippen LogP contribution in [0, 0.1) is 0 Å². The lowest BCUT2D eigenvalue weighted by atomic mass is 10.0. The smallest absolute Gasteiger partial charge is 0.129 e. The van der Waals surface area contributed by atoms with Crippen LogP contribution in [0.3, 0.4) is 0 Å². The van der Waals surface area contributed by atoms with Crippen LogP contribution in [0.5, 0.6) is 0 Å².